The standard InChI is InChI=1S/C26H33ClF2N2O2S/c27-21-3-1-2-19(14-21)8-9-22(32)15-20-6-4-18(5-7-20)10-12-31-13-11-24-23(16-31)30-26(34-24)33-17-25(28)29/h1-3,14,18,20,25H,4-13,15-17H2. The molecule has 0 bridgehead atoms. The maximum atomic E-state index is 12.5. The Balaban J connectivity index is 1.12. The number of hydrogen-bond acceptors (Lipinski definition) is 5. The molecular formula is C26H33ClF2N2O2S. The van der Waals surface area contributed by atoms with E-state index < -0.39 is 13.0 Å². The number of rotatable bonds is 11. The van der Waals surface area contributed by atoms with E-state index in [2.05, 4.69) is 9.88 Å². The molecule has 0 radical (unpaired) electrons. The van der Waals surface area contributed by atoms with E-state index >= 15 is 0 Å². The Kier molecular flexibility index (Phi) is 9.31. The zero-order chi connectivity index (χ0) is 23.9. The van der Waals surface area contributed by atoms with Gasteiger partial charge in [-0.05, 0) is 68.2 Å². The van der Waals surface area contributed by atoms with Crippen molar-refractivity contribution < 1.29 is 18.3 Å². The number of Topliss-reactive ketones (excluding diaryl/α,β-unsaturated/α-hetero) is 1. The summed E-state index contributed by atoms with van der Waals surface area (Å²) in [6.45, 7) is 2.21. The largest absolute Gasteiger partial charge is 0.464 e. The predicted octanol–water partition coefficient (Wildman–Crippen LogP) is 6.59. The van der Waals surface area contributed by atoms with Gasteiger partial charge >= 0.3 is 0 Å². The van der Waals surface area contributed by atoms with Crippen LogP contribution in [0.15, 0.2) is 24.3 Å². The molecule has 4 nitrogen and oxygen atoms in total. The van der Waals surface area contributed by atoms with Gasteiger partial charge in [-0.25, -0.2) is 13.8 Å². The van der Waals surface area contributed by atoms with Crippen LogP contribution < -0.4 is 4.74 Å². The second-order valence-corrected chi connectivity index (χ2v) is 11.1. The number of alkyl halides is 2. The van der Waals surface area contributed by atoms with Crippen molar-refractivity contribution in [3.05, 3.63) is 45.4 Å². The monoisotopic (exact) mass is 510 g/mol. The van der Waals surface area contributed by atoms with Crippen LogP contribution in [0.25, 0.3) is 0 Å². The number of fused-ring (bicyclic) bond motifs is 1. The van der Waals surface area contributed by atoms with Crippen molar-refractivity contribution in [3.8, 4) is 5.19 Å². The van der Waals surface area contributed by atoms with E-state index in [0.717, 1.165) is 67.5 Å². The van der Waals surface area contributed by atoms with Crippen LogP contribution in [0, 0.1) is 11.8 Å². The van der Waals surface area contributed by atoms with Crippen LogP contribution in [0.1, 0.15) is 61.1 Å². The highest BCUT2D eigenvalue weighted by Crippen LogP contribution is 2.34. The molecule has 0 unspecified atom stereocenters. The Morgan fingerprint density at radius 1 is 1.24 bits per heavy atom. The number of carbonyl (C=O) groups is 1. The molecule has 2 aromatic rings. The Morgan fingerprint density at radius 3 is 2.79 bits per heavy atom. The number of halogens is 3. The first-order valence-corrected chi connectivity index (χ1v) is 13.5. The average molecular weight is 511 g/mol. The second kappa shape index (κ2) is 12.4. The molecular weight excluding hydrogens is 478 g/mol. The van der Waals surface area contributed by atoms with Gasteiger partial charge < -0.3 is 4.74 Å². The lowest BCUT2D eigenvalue weighted by Gasteiger charge is -2.31. The van der Waals surface area contributed by atoms with E-state index in [4.69, 9.17) is 16.3 Å². The lowest BCUT2D eigenvalue weighted by molar-refractivity contribution is -0.120. The van der Waals surface area contributed by atoms with Gasteiger partial charge in [0.1, 0.15) is 5.78 Å². The number of ketones is 1. The summed E-state index contributed by atoms with van der Waals surface area (Å²) in [7, 11) is 0. The predicted molar refractivity (Wildman–Crippen MR) is 132 cm³/mol. The molecule has 8 heteroatoms. The molecule has 1 saturated carbocycles. The Labute approximate surface area is 209 Å². The van der Waals surface area contributed by atoms with Crippen molar-refractivity contribution in [2.75, 3.05) is 19.7 Å². The third-order valence-electron chi connectivity index (χ3n) is 7.04. The fourth-order valence-corrected chi connectivity index (χ4v) is 6.23. The van der Waals surface area contributed by atoms with Crippen LogP contribution in [0.2, 0.25) is 5.02 Å². The highest BCUT2D eigenvalue weighted by Gasteiger charge is 2.25. The van der Waals surface area contributed by atoms with Crippen molar-refractivity contribution >= 4 is 28.7 Å². The van der Waals surface area contributed by atoms with Crippen LogP contribution >= 0.6 is 22.9 Å². The van der Waals surface area contributed by atoms with E-state index in [1.165, 1.54) is 35.5 Å². The molecule has 0 N–H and O–H groups in total. The molecule has 1 fully saturated rings. The van der Waals surface area contributed by atoms with Gasteiger partial charge in [0.15, 0.2) is 6.61 Å². The molecule has 2 aliphatic rings. The molecule has 2 heterocycles. The maximum Gasteiger partial charge on any atom is 0.273 e. The number of nitrogens with zero attached hydrogens (tertiary/aromatic N) is 2. The number of aromatic nitrogens is 1. The smallest absolute Gasteiger partial charge is 0.273 e. The summed E-state index contributed by atoms with van der Waals surface area (Å²) >= 11 is 7.44. The third-order valence-corrected chi connectivity index (χ3v) is 8.34. The van der Waals surface area contributed by atoms with Gasteiger partial charge in [-0.15, -0.1) is 0 Å². The Morgan fingerprint density at radius 2 is 2.03 bits per heavy atom. The van der Waals surface area contributed by atoms with Crippen LogP contribution in [-0.2, 0) is 24.2 Å². The topological polar surface area (TPSA) is 42.4 Å². The summed E-state index contributed by atoms with van der Waals surface area (Å²) in [6, 6.07) is 7.77. The molecule has 186 valence electrons. The zero-order valence-corrected chi connectivity index (χ0v) is 21.1. The minimum atomic E-state index is -2.47. The highest BCUT2D eigenvalue weighted by molar-refractivity contribution is 7.13. The van der Waals surface area contributed by atoms with Crippen LogP contribution in [0.4, 0.5) is 8.78 Å². The number of thiazole rings is 1. The molecule has 0 saturated heterocycles. The van der Waals surface area contributed by atoms with Gasteiger partial charge in [-0.3, -0.25) is 9.69 Å². The van der Waals surface area contributed by atoms with Crippen molar-refractivity contribution in [1.29, 1.82) is 0 Å². The molecule has 1 aromatic carbocycles. The van der Waals surface area contributed by atoms with Crippen molar-refractivity contribution in [2.24, 2.45) is 11.8 Å². The van der Waals surface area contributed by atoms with Crippen LogP contribution in [0.5, 0.6) is 5.19 Å². The van der Waals surface area contributed by atoms with Crippen molar-refractivity contribution in [1.82, 2.24) is 9.88 Å². The lowest BCUT2D eigenvalue weighted by atomic mass is 9.78. The van der Waals surface area contributed by atoms with E-state index in [1.807, 2.05) is 24.3 Å². The van der Waals surface area contributed by atoms with Gasteiger partial charge in [0.2, 0.25) is 0 Å². The first-order chi connectivity index (χ1) is 16.4. The van der Waals surface area contributed by atoms with Gasteiger partial charge in [0.05, 0.1) is 5.69 Å². The summed E-state index contributed by atoms with van der Waals surface area (Å²) in [5.74, 6) is 1.62. The van der Waals surface area contributed by atoms with Gasteiger partial charge in [0.25, 0.3) is 11.6 Å². The zero-order valence-electron chi connectivity index (χ0n) is 19.5. The van der Waals surface area contributed by atoms with Crippen molar-refractivity contribution in [3.63, 3.8) is 0 Å². The maximum absolute atomic E-state index is 12.5. The molecule has 0 spiro atoms. The SMILES string of the molecule is O=C(CCc1cccc(Cl)c1)CC1CCC(CCN2CCc3sc(OCC(F)F)nc3C2)CC1. The summed E-state index contributed by atoms with van der Waals surface area (Å²) in [5.41, 5.74) is 2.12. The average Bonchev–Trinajstić information content (AvgIpc) is 3.23. The lowest BCUT2D eigenvalue weighted by Crippen LogP contribution is -2.32. The van der Waals surface area contributed by atoms with E-state index in [0.29, 0.717) is 29.7 Å². The van der Waals surface area contributed by atoms with E-state index in [-0.39, 0.29) is 0 Å². The normalized spacial score (nSPS) is 20.9. The summed E-state index contributed by atoms with van der Waals surface area (Å²) in [6.07, 6.45) is 6.39. The highest BCUT2D eigenvalue weighted by atomic mass is 35.5. The number of carbonyl (C=O) groups excluding carboxylic acids is 1. The fourth-order valence-electron chi connectivity index (χ4n) is 5.11. The van der Waals surface area contributed by atoms with Gasteiger partial charge in [-0.1, -0.05) is 47.9 Å². The summed E-state index contributed by atoms with van der Waals surface area (Å²) < 4.78 is 29.8. The Hall–Kier alpha value is -1.57. The van der Waals surface area contributed by atoms with Gasteiger partial charge in [0, 0.05) is 35.8 Å². The van der Waals surface area contributed by atoms with Crippen LogP contribution in [-0.4, -0.2) is 41.8 Å². The molecule has 0 atom stereocenters. The molecule has 1 aliphatic heterocycles. The first-order valence-electron chi connectivity index (χ1n) is 12.3. The molecule has 4 rings (SSSR count). The van der Waals surface area contributed by atoms with Gasteiger partial charge in [-0.2, -0.15) is 0 Å². The summed E-state index contributed by atoms with van der Waals surface area (Å²) in [4.78, 5) is 20.5. The first kappa shape index (κ1) is 25.5. The summed E-state index contributed by atoms with van der Waals surface area (Å²) in [5, 5.41) is 1.09. The van der Waals surface area contributed by atoms with E-state index in [9.17, 15) is 13.6 Å². The van der Waals surface area contributed by atoms with E-state index in [1.54, 1.807) is 0 Å². The number of benzene rings is 1. The molecule has 1 aromatic heterocycles. The van der Waals surface area contributed by atoms with Crippen molar-refractivity contribution in [2.45, 2.75) is 70.8 Å². The molecule has 1 aliphatic carbocycles. The molecule has 34 heavy (non-hydrogen) atoms. The minimum Gasteiger partial charge on any atom is -0.464 e. The van der Waals surface area contributed by atoms with Crippen LogP contribution in [0.3, 0.4) is 0 Å². The molecule has 0 amide bonds. The second-order valence-electron chi connectivity index (χ2n) is 9.63. The quantitative estimate of drug-likeness (QED) is 0.342. The third kappa shape index (κ3) is 7.72. The number of aryl methyl sites for hydroxylation is 1. The Bertz CT molecular complexity index is 947. The minimum absolute atomic E-state index is 0.368. The number of ether oxygens (including phenoxy) is 1. The fraction of sp³-hybridized carbons (Fsp3) is 0.615. The number of hydrogen-bond donors (Lipinski definition) is 0.